The van der Waals surface area contributed by atoms with E-state index in [-0.39, 0.29) is 6.10 Å². The molecule has 0 aromatic carbocycles. The monoisotopic (exact) mass is 376 g/mol. The Morgan fingerprint density at radius 3 is 1.88 bits per heavy atom. The van der Waals surface area contributed by atoms with E-state index in [0.717, 1.165) is 51.4 Å². The van der Waals surface area contributed by atoms with Crippen LogP contribution in [0, 0.1) is 0 Å². The average Bonchev–Trinajstić information content (AvgIpc) is 2.60. The summed E-state index contributed by atoms with van der Waals surface area (Å²) in [7, 11) is -2.93. The zero-order valence-corrected chi connectivity index (χ0v) is 18.5. The first-order valence-corrected chi connectivity index (χ1v) is 12.8. The Bertz CT molecular complexity index is 320. The van der Waals surface area contributed by atoms with Crippen LogP contribution in [0.4, 0.5) is 0 Å². The minimum absolute atomic E-state index is 0.0988. The third-order valence-electron chi connectivity index (χ3n) is 4.62. The van der Waals surface area contributed by atoms with E-state index in [9.17, 15) is 4.57 Å². The fraction of sp³-hybridized carbons (Fsp3) is 1.00. The van der Waals surface area contributed by atoms with Gasteiger partial charge < -0.3 is 9.05 Å². The lowest BCUT2D eigenvalue weighted by molar-refractivity contribution is 0.129. The van der Waals surface area contributed by atoms with Gasteiger partial charge in [0.2, 0.25) is 0 Å². The predicted molar refractivity (Wildman–Crippen MR) is 111 cm³/mol. The first kappa shape index (κ1) is 25.1. The highest BCUT2D eigenvalue weighted by atomic mass is 31.2. The van der Waals surface area contributed by atoms with Crippen molar-refractivity contribution in [3.8, 4) is 0 Å². The number of hydrogen-bond acceptors (Lipinski definition) is 3. The Hall–Kier alpha value is 0.150. The normalized spacial score (nSPS) is 15.2. The van der Waals surface area contributed by atoms with Gasteiger partial charge >= 0.3 is 7.60 Å². The second-order valence-corrected chi connectivity index (χ2v) is 9.44. The summed E-state index contributed by atoms with van der Waals surface area (Å²) in [6.45, 7) is 9.31. The van der Waals surface area contributed by atoms with Crippen molar-refractivity contribution in [3.05, 3.63) is 0 Å². The minimum Gasteiger partial charge on any atom is -0.309 e. The summed E-state index contributed by atoms with van der Waals surface area (Å²) in [5.41, 5.74) is 0. The third-order valence-corrected chi connectivity index (χ3v) is 6.68. The first-order valence-electron chi connectivity index (χ1n) is 11.0. The molecule has 25 heavy (non-hydrogen) atoms. The molecule has 0 radical (unpaired) electrons. The summed E-state index contributed by atoms with van der Waals surface area (Å²) >= 11 is 0. The van der Waals surface area contributed by atoms with E-state index < -0.39 is 7.60 Å². The van der Waals surface area contributed by atoms with Gasteiger partial charge in [0, 0.05) is 0 Å². The van der Waals surface area contributed by atoms with Gasteiger partial charge in [-0.1, -0.05) is 91.9 Å². The van der Waals surface area contributed by atoms with E-state index in [0.29, 0.717) is 12.8 Å². The van der Waals surface area contributed by atoms with Crippen LogP contribution in [-0.2, 0) is 13.6 Å². The number of hydrogen-bond donors (Lipinski definition) is 0. The van der Waals surface area contributed by atoms with Crippen LogP contribution in [-0.4, -0.2) is 18.9 Å². The predicted octanol–water partition coefficient (Wildman–Crippen LogP) is 8.12. The van der Waals surface area contributed by atoms with Crippen molar-refractivity contribution in [2.75, 3.05) is 12.8 Å². The van der Waals surface area contributed by atoms with Crippen LogP contribution in [0.25, 0.3) is 0 Å². The minimum atomic E-state index is -2.93. The maximum absolute atomic E-state index is 13.2. The zero-order chi connectivity index (χ0) is 18.8. The smallest absolute Gasteiger partial charge is 0.309 e. The maximum atomic E-state index is 13.2. The van der Waals surface area contributed by atoms with E-state index >= 15 is 0 Å². The molecule has 4 heteroatoms. The first-order chi connectivity index (χ1) is 12.1. The van der Waals surface area contributed by atoms with E-state index in [1.165, 1.54) is 38.5 Å². The molecule has 0 aromatic heterocycles. The van der Waals surface area contributed by atoms with Crippen LogP contribution in [0.5, 0.6) is 0 Å². The molecule has 0 aromatic rings. The molecular formula is C21H45O3P. The zero-order valence-electron chi connectivity index (χ0n) is 17.6. The number of rotatable bonds is 19. The summed E-state index contributed by atoms with van der Waals surface area (Å²) in [5.74, 6) is 0. The Morgan fingerprint density at radius 1 is 0.680 bits per heavy atom. The largest absolute Gasteiger partial charge is 0.330 e. The SMILES string of the molecule is CCCCCCCCCOP(=O)(CCCC)OC(CCC)CCCC. The lowest BCUT2D eigenvalue weighted by Gasteiger charge is -2.25. The molecule has 3 nitrogen and oxygen atoms in total. The molecule has 2 unspecified atom stereocenters. The van der Waals surface area contributed by atoms with Crippen molar-refractivity contribution >= 4 is 7.60 Å². The Balaban J connectivity index is 4.26. The highest BCUT2D eigenvalue weighted by Crippen LogP contribution is 2.51. The molecule has 0 aliphatic rings. The van der Waals surface area contributed by atoms with Gasteiger partial charge in [-0.2, -0.15) is 0 Å². The van der Waals surface area contributed by atoms with Gasteiger partial charge in [0.25, 0.3) is 0 Å². The summed E-state index contributed by atoms with van der Waals surface area (Å²) in [5, 5.41) is 0. The van der Waals surface area contributed by atoms with Crippen molar-refractivity contribution in [1.82, 2.24) is 0 Å². The van der Waals surface area contributed by atoms with Gasteiger partial charge in [0.1, 0.15) is 0 Å². The van der Waals surface area contributed by atoms with Crippen LogP contribution >= 0.6 is 7.60 Å². The summed E-state index contributed by atoms with van der Waals surface area (Å²) in [6.07, 6.45) is 16.7. The Labute approximate surface area is 158 Å². The lowest BCUT2D eigenvalue weighted by Crippen LogP contribution is -2.14. The Morgan fingerprint density at radius 2 is 1.28 bits per heavy atom. The topological polar surface area (TPSA) is 35.5 Å². The van der Waals surface area contributed by atoms with Crippen LogP contribution in [0.3, 0.4) is 0 Å². The standard InChI is InChI=1S/C21H45O3P/c1-5-9-12-13-14-15-16-19-23-25(22,20-11-7-3)24-21(17-8-4)18-10-6-2/h21H,5-20H2,1-4H3. The second kappa shape index (κ2) is 17.6. The molecule has 0 fully saturated rings. The second-order valence-electron chi connectivity index (χ2n) is 7.30. The lowest BCUT2D eigenvalue weighted by atomic mass is 10.1. The molecule has 152 valence electrons. The maximum Gasteiger partial charge on any atom is 0.330 e. The van der Waals surface area contributed by atoms with E-state index in [1.807, 2.05) is 0 Å². The molecule has 0 amide bonds. The van der Waals surface area contributed by atoms with Crippen LogP contribution in [0.1, 0.15) is 118 Å². The van der Waals surface area contributed by atoms with Gasteiger partial charge in [-0.3, -0.25) is 4.57 Å². The fourth-order valence-electron chi connectivity index (χ4n) is 2.99. The summed E-state index contributed by atoms with van der Waals surface area (Å²) in [4.78, 5) is 0. The van der Waals surface area contributed by atoms with Crippen LogP contribution in [0.2, 0.25) is 0 Å². The van der Waals surface area contributed by atoms with Gasteiger partial charge in [-0.05, 0) is 25.7 Å². The fourth-order valence-corrected chi connectivity index (χ4v) is 5.06. The van der Waals surface area contributed by atoms with E-state index in [1.54, 1.807) is 0 Å². The van der Waals surface area contributed by atoms with Gasteiger partial charge in [0.05, 0.1) is 18.9 Å². The van der Waals surface area contributed by atoms with E-state index in [4.69, 9.17) is 9.05 Å². The van der Waals surface area contributed by atoms with Crippen LogP contribution < -0.4 is 0 Å². The van der Waals surface area contributed by atoms with Crippen molar-refractivity contribution in [1.29, 1.82) is 0 Å². The molecule has 0 rings (SSSR count). The molecule has 0 saturated carbocycles. The molecule has 0 aliphatic carbocycles. The van der Waals surface area contributed by atoms with E-state index in [2.05, 4.69) is 27.7 Å². The molecule has 2 atom stereocenters. The summed E-state index contributed by atoms with van der Waals surface area (Å²) in [6, 6.07) is 0. The number of unbranched alkanes of at least 4 members (excludes halogenated alkanes) is 8. The van der Waals surface area contributed by atoms with Gasteiger partial charge in [-0.25, -0.2) is 0 Å². The molecular weight excluding hydrogens is 331 g/mol. The molecule has 0 bridgehead atoms. The van der Waals surface area contributed by atoms with Crippen molar-refractivity contribution in [2.45, 2.75) is 124 Å². The average molecular weight is 377 g/mol. The molecule has 0 saturated heterocycles. The third kappa shape index (κ3) is 15.0. The molecule has 0 aliphatic heterocycles. The molecule has 0 N–H and O–H groups in total. The van der Waals surface area contributed by atoms with Gasteiger partial charge in [0.15, 0.2) is 0 Å². The van der Waals surface area contributed by atoms with Gasteiger partial charge in [-0.15, -0.1) is 0 Å². The van der Waals surface area contributed by atoms with Crippen molar-refractivity contribution < 1.29 is 13.6 Å². The van der Waals surface area contributed by atoms with Crippen LogP contribution in [0.15, 0.2) is 0 Å². The highest BCUT2D eigenvalue weighted by Gasteiger charge is 2.27. The Kier molecular flexibility index (Phi) is 17.7. The highest BCUT2D eigenvalue weighted by molar-refractivity contribution is 7.53. The summed E-state index contributed by atoms with van der Waals surface area (Å²) < 4.78 is 25.1. The molecule has 0 spiro atoms. The van der Waals surface area contributed by atoms with Crippen molar-refractivity contribution in [2.24, 2.45) is 0 Å². The quantitative estimate of drug-likeness (QED) is 0.169. The van der Waals surface area contributed by atoms with Crippen molar-refractivity contribution in [3.63, 3.8) is 0 Å². The molecule has 0 heterocycles.